The Labute approximate surface area is 257 Å². The van der Waals surface area contributed by atoms with Crippen LogP contribution in [-0.2, 0) is 19.4 Å². The van der Waals surface area contributed by atoms with Crippen molar-refractivity contribution in [3.05, 3.63) is 102 Å². The second kappa shape index (κ2) is 15.4. The molecule has 0 saturated heterocycles. The number of nitriles is 1. The number of thioether (sulfide) groups is 1. The quantitative estimate of drug-likeness (QED) is 0.112. The SMILES string of the molecule is CCCCS(=O)(=O)CC(COc1ccccc1)OC(=O)CSc1nc(-c2ccc(C)cc2)cc(-c2ccccc2)c1C#N. The van der Waals surface area contributed by atoms with Gasteiger partial charge in [0.25, 0.3) is 0 Å². The van der Waals surface area contributed by atoms with E-state index in [9.17, 15) is 18.5 Å². The Hall–Kier alpha value is -4.13. The topological polar surface area (TPSA) is 106 Å². The second-order valence-corrected chi connectivity index (χ2v) is 13.3. The summed E-state index contributed by atoms with van der Waals surface area (Å²) in [7, 11) is -3.47. The van der Waals surface area contributed by atoms with Crippen molar-refractivity contribution < 1.29 is 22.7 Å². The number of unbranched alkanes of at least 4 members (excludes halogenated alkanes) is 1. The zero-order valence-corrected chi connectivity index (χ0v) is 25.9. The normalized spacial score (nSPS) is 11.8. The van der Waals surface area contributed by atoms with Crippen LogP contribution in [0.3, 0.4) is 0 Å². The van der Waals surface area contributed by atoms with E-state index in [1.165, 1.54) is 0 Å². The van der Waals surface area contributed by atoms with E-state index in [1.54, 1.807) is 24.3 Å². The number of hydrogen-bond acceptors (Lipinski definition) is 8. The Kier molecular flexibility index (Phi) is 11.4. The fourth-order valence-electron chi connectivity index (χ4n) is 4.35. The molecule has 1 aromatic heterocycles. The van der Waals surface area contributed by atoms with Crippen molar-refractivity contribution in [1.29, 1.82) is 5.26 Å². The van der Waals surface area contributed by atoms with Crippen molar-refractivity contribution in [3.8, 4) is 34.2 Å². The highest BCUT2D eigenvalue weighted by atomic mass is 32.2. The molecule has 4 aromatic rings. The molecule has 0 aliphatic carbocycles. The molecule has 0 bridgehead atoms. The summed E-state index contributed by atoms with van der Waals surface area (Å²) in [4.78, 5) is 17.8. The molecule has 0 N–H and O–H groups in total. The summed E-state index contributed by atoms with van der Waals surface area (Å²) >= 11 is 1.09. The average molecular weight is 615 g/mol. The van der Waals surface area contributed by atoms with E-state index in [-0.39, 0.29) is 23.9 Å². The molecule has 4 rings (SSSR count). The summed E-state index contributed by atoms with van der Waals surface area (Å²) in [6.45, 7) is 3.82. The van der Waals surface area contributed by atoms with Gasteiger partial charge < -0.3 is 9.47 Å². The van der Waals surface area contributed by atoms with Crippen LogP contribution in [0.5, 0.6) is 5.75 Å². The van der Waals surface area contributed by atoms with Crippen LogP contribution in [0.25, 0.3) is 22.4 Å². The van der Waals surface area contributed by atoms with Gasteiger partial charge in [-0.1, -0.05) is 103 Å². The predicted molar refractivity (Wildman–Crippen MR) is 171 cm³/mol. The highest BCUT2D eigenvalue weighted by Crippen LogP contribution is 2.34. The summed E-state index contributed by atoms with van der Waals surface area (Å²) in [5.41, 5.74) is 4.58. The van der Waals surface area contributed by atoms with Crippen LogP contribution >= 0.6 is 11.8 Å². The van der Waals surface area contributed by atoms with Gasteiger partial charge in [0.15, 0.2) is 9.84 Å². The van der Waals surface area contributed by atoms with Crippen LogP contribution in [-0.4, -0.2) is 49.3 Å². The number of pyridine rings is 1. The molecule has 1 heterocycles. The van der Waals surface area contributed by atoms with E-state index >= 15 is 0 Å². The maximum Gasteiger partial charge on any atom is 0.316 e. The van der Waals surface area contributed by atoms with Gasteiger partial charge in [0.1, 0.15) is 29.6 Å². The smallest absolute Gasteiger partial charge is 0.316 e. The van der Waals surface area contributed by atoms with E-state index in [4.69, 9.17) is 14.5 Å². The molecule has 43 heavy (non-hydrogen) atoms. The first kappa shape index (κ1) is 31.8. The number of hydrogen-bond donors (Lipinski definition) is 0. The number of rotatable bonds is 14. The predicted octanol–water partition coefficient (Wildman–Crippen LogP) is 6.89. The number of aryl methyl sites for hydroxylation is 1. The van der Waals surface area contributed by atoms with Gasteiger partial charge in [0.05, 0.1) is 28.5 Å². The maximum absolute atomic E-state index is 13.1. The second-order valence-electron chi connectivity index (χ2n) is 10.1. The Morgan fingerprint density at radius 1 is 0.977 bits per heavy atom. The maximum atomic E-state index is 13.1. The molecule has 0 aliphatic heterocycles. The van der Waals surface area contributed by atoms with Crippen LogP contribution in [0.2, 0.25) is 0 Å². The van der Waals surface area contributed by atoms with Crippen molar-refractivity contribution in [1.82, 2.24) is 4.98 Å². The Bertz CT molecular complexity index is 1650. The number of para-hydroxylation sites is 1. The van der Waals surface area contributed by atoms with Crippen molar-refractivity contribution in [2.24, 2.45) is 0 Å². The molecule has 0 spiro atoms. The Morgan fingerprint density at radius 2 is 1.65 bits per heavy atom. The molecule has 0 saturated carbocycles. The molecule has 0 radical (unpaired) electrons. The summed E-state index contributed by atoms with van der Waals surface area (Å²) < 4.78 is 36.8. The third-order valence-electron chi connectivity index (χ3n) is 6.58. The summed E-state index contributed by atoms with van der Waals surface area (Å²) in [5, 5.41) is 10.5. The van der Waals surface area contributed by atoms with Crippen molar-refractivity contribution in [3.63, 3.8) is 0 Å². The molecule has 7 nitrogen and oxygen atoms in total. The lowest BCUT2D eigenvalue weighted by molar-refractivity contribution is -0.146. The first-order valence-electron chi connectivity index (χ1n) is 14.1. The molecule has 0 amide bonds. The molecule has 0 fully saturated rings. The molecule has 0 aliphatic rings. The van der Waals surface area contributed by atoms with E-state index < -0.39 is 21.9 Å². The van der Waals surface area contributed by atoms with Crippen LogP contribution < -0.4 is 4.74 Å². The van der Waals surface area contributed by atoms with Crippen LogP contribution in [0.15, 0.2) is 96.0 Å². The van der Waals surface area contributed by atoms with E-state index in [0.717, 1.165) is 34.9 Å². The van der Waals surface area contributed by atoms with Crippen LogP contribution in [0.1, 0.15) is 30.9 Å². The number of carbonyl (C=O) groups excluding carboxylic acids is 1. The number of ether oxygens (including phenoxy) is 2. The van der Waals surface area contributed by atoms with Gasteiger partial charge in [-0.15, -0.1) is 0 Å². The van der Waals surface area contributed by atoms with Gasteiger partial charge >= 0.3 is 5.97 Å². The number of carbonyl (C=O) groups is 1. The lowest BCUT2D eigenvalue weighted by Crippen LogP contribution is -2.33. The highest BCUT2D eigenvalue weighted by molar-refractivity contribution is 8.00. The fraction of sp³-hybridized carbons (Fsp3) is 0.265. The van der Waals surface area contributed by atoms with Gasteiger partial charge in [-0.3, -0.25) is 4.79 Å². The number of esters is 1. The van der Waals surface area contributed by atoms with Gasteiger partial charge in [0, 0.05) is 11.1 Å². The van der Waals surface area contributed by atoms with E-state index in [0.29, 0.717) is 34.0 Å². The third-order valence-corrected chi connectivity index (χ3v) is 9.32. The van der Waals surface area contributed by atoms with E-state index in [1.807, 2.05) is 80.6 Å². The number of benzene rings is 3. The number of aromatic nitrogens is 1. The van der Waals surface area contributed by atoms with Crippen LogP contribution in [0.4, 0.5) is 0 Å². The van der Waals surface area contributed by atoms with Crippen molar-refractivity contribution in [2.45, 2.75) is 37.8 Å². The molecule has 222 valence electrons. The van der Waals surface area contributed by atoms with Crippen molar-refractivity contribution >= 4 is 27.6 Å². The minimum atomic E-state index is -3.47. The molecular formula is C34H34N2O5S2. The Morgan fingerprint density at radius 3 is 2.30 bits per heavy atom. The Balaban J connectivity index is 1.56. The molecule has 1 unspecified atom stereocenters. The van der Waals surface area contributed by atoms with Gasteiger partial charge in [-0.25, -0.2) is 13.4 Å². The largest absolute Gasteiger partial charge is 0.490 e. The summed E-state index contributed by atoms with van der Waals surface area (Å²) in [6, 6.07) is 30.6. The monoisotopic (exact) mass is 614 g/mol. The summed E-state index contributed by atoms with van der Waals surface area (Å²) in [5.74, 6) is -0.553. The zero-order chi connectivity index (χ0) is 30.7. The highest BCUT2D eigenvalue weighted by Gasteiger charge is 2.24. The van der Waals surface area contributed by atoms with Gasteiger partial charge in [0.2, 0.25) is 0 Å². The first-order chi connectivity index (χ1) is 20.8. The molecule has 1 atom stereocenters. The molecular weight excluding hydrogens is 581 g/mol. The standard InChI is InChI=1S/C34H34N2O5S2/c1-3-4-19-43(38,39)24-29(22-40-28-13-9-6-10-14-28)41-33(37)23-42-34-31(21-35)30(26-11-7-5-8-12-26)20-32(36-34)27-17-15-25(2)16-18-27/h5-18,20,29H,3-4,19,22-24H2,1-2H3. The lowest BCUT2D eigenvalue weighted by Gasteiger charge is -2.19. The summed E-state index contributed by atoms with van der Waals surface area (Å²) in [6.07, 6.45) is 0.279. The van der Waals surface area contributed by atoms with E-state index in [2.05, 4.69) is 6.07 Å². The van der Waals surface area contributed by atoms with Crippen molar-refractivity contribution in [2.75, 3.05) is 23.9 Å². The lowest BCUT2D eigenvalue weighted by atomic mass is 9.99. The third kappa shape index (κ3) is 9.43. The minimum Gasteiger partial charge on any atom is -0.490 e. The molecule has 9 heteroatoms. The molecule has 3 aromatic carbocycles. The fourth-order valence-corrected chi connectivity index (χ4v) is 6.76. The number of nitrogens with zero attached hydrogens (tertiary/aromatic N) is 2. The van der Waals surface area contributed by atoms with Gasteiger partial charge in [-0.2, -0.15) is 5.26 Å². The minimum absolute atomic E-state index is 0.0150. The zero-order valence-electron chi connectivity index (χ0n) is 24.2. The average Bonchev–Trinajstić information content (AvgIpc) is 3.02. The van der Waals surface area contributed by atoms with Crippen LogP contribution in [0, 0.1) is 18.3 Å². The number of sulfone groups is 1. The first-order valence-corrected chi connectivity index (χ1v) is 16.9. The van der Waals surface area contributed by atoms with Gasteiger partial charge in [-0.05, 0) is 37.1 Å².